The summed E-state index contributed by atoms with van der Waals surface area (Å²) >= 11 is 0. The molecule has 0 aliphatic heterocycles. The van der Waals surface area contributed by atoms with Gasteiger partial charge in [0, 0.05) is 17.1 Å². The monoisotopic (exact) mass is 209 g/mol. The number of halogens is 2. The molecular formula is H4ClFMnO4S. The van der Waals surface area contributed by atoms with Crippen LogP contribution in [0.25, 0.3) is 0 Å². The zero-order valence-electron chi connectivity index (χ0n) is 3.31. The summed E-state index contributed by atoms with van der Waals surface area (Å²) in [6.45, 7) is 0. The third kappa shape index (κ3) is 560. The van der Waals surface area contributed by atoms with Crippen molar-refractivity contribution >= 4 is 22.8 Å². The maximum Gasteiger partial charge on any atom is 0.394 e. The summed E-state index contributed by atoms with van der Waals surface area (Å²) in [6, 6.07) is 0. The minimum absolute atomic E-state index is 0. The summed E-state index contributed by atoms with van der Waals surface area (Å²) in [4.78, 5) is 0. The first-order valence-corrected chi connectivity index (χ1v) is 2.10. The van der Waals surface area contributed by atoms with E-state index in [9.17, 15) is 0 Å². The van der Waals surface area contributed by atoms with Gasteiger partial charge in [-0.2, -0.15) is 8.42 Å². The van der Waals surface area contributed by atoms with Crippen LogP contribution in [0.15, 0.2) is 0 Å². The molecule has 4 nitrogen and oxygen atoms in total. The second-order valence-electron chi connectivity index (χ2n) is 0.448. The number of hydrogen-bond donors (Lipinski definition) is 2. The molecular weight excluding hydrogens is 205 g/mol. The Labute approximate surface area is 62.5 Å². The Hall–Kier alpha value is 0.609. The molecule has 0 aliphatic rings. The number of hydrogen-bond acceptors (Lipinski definition) is 2. The molecule has 0 atom stereocenters. The van der Waals surface area contributed by atoms with E-state index < -0.39 is 10.4 Å². The molecule has 0 amide bonds. The topological polar surface area (TPSA) is 74.6 Å². The van der Waals surface area contributed by atoms with Gasteiger partial charge in [-0.25, -0.2) is 0 Å². The van der Waals surface area contributed by atoms with Crippen LogP contribution in [0.1, 0.15) is 0 Å². The number of rotatable bonds is 0. The van der Waals surface area contributed by atoms with E-state index in [0.717, 1.165) is 0 Å². The Morgan fingerprint density at radius 1 is 1.12 bits per heavy atom. The first-order valence-electron chi connectivity index (χ1n) is 0.698. The van der Waals surface area contributed by atoms with Crippen LogP contribution in [0.5, 0.6) is 0 Å². The van der Waals surface area contributed by atoms with E-state index in [0.29, 0.717) is 0 Å². The van der Waals surface area contributed by atoms with E-state index in [4.69, 9.17) is 17.5 Å². The van der Waals surface area contributed by atoms with E-state index >= 15 is 0 Å². The molecule has 0 aliphatic carbocycles. The van der Waals surface area contributed by atoms with Gasteiger partial charge in [-0.3, -0.25) is 13.8 Å². The van der Waals surface area contributed by atoms with Gasteiger partial charge in [-0.05, 0) is 0 Å². The van der Waals surface area contributed by atoms with Crippen LogP contribution in [0.2, 0.25) is 0 Å². The van der Waals surface area contributed by atoms with E-state index in [2.05, 4.69) is 0 Å². The molecule has 0 heterocycles. The average Bonchev–Trinajstić information content (AvgIpc) is 0.722. The summed E-state index contributed by atoms with van der Waals surface area (Å²) in [6.07, 6.45) is 0. The molecule has 0 spiro atoms. The molecule has 0 aromatic heterocycles. The summed E-state index contributed by atoms with van der Waals surface area (Å²) < 4.78 is 31.6. The van der Waals surface area contributed by atoms with E-state index in [1.54, 1.807) is 0 Å². The Bertz CT molecular complexity index is 99.2. The summed E-state index contributed by atoms with van der Waals surface area (Å²) in [5.74, 6) is 0. The fraction of sp³-hybridized carbons (Fsp3) is 0. The van der Waals surface area contributed by atoms with Gasteiger partial charge >= 0.3 is 10.4 Å². The van der Waals surface area contributed by atoms with E-state index in [-0.39, 0.29) is 34.2 Å². The predicted octanol–water partition coefficient (Wildman–Crippen LogP) is -0.0810. The second-order valence-corrected chi connectivity index (χ2v) is 1.34. The molecule has 0 aromatic rings. The Morgan fingerprint density at radius 2 is 1.12 bits per heavy atom. The molecule has 2 N–H and O–H groups in total. The Morgan fingerprint density at radius 3 is 1.12 bits per heavy atom. The molecule has 0 fully saturated rings. The van der Waals surface area contributed by atoms with Crippen molar-refractivity contribution in [3.05, 3.63) is 0 Å². The van der Waals surface area contributed by atoms with Crippen LogP contribution >= 0.6 is 12.4 Å². The fourth-order valence-corrected chi connectivity index (χ4v) is 0. The maximum atomic E-state index is 8.74. The molecule has 0 rings (SSSR count). The van der Waals surface area contributed by atoms with Crippen LogP contribution in [0, 0.1) is 0 Å². The van der Waals surface area contributed by atoms with Crippen molar-refractivity contribution in [2.75, 3.05) is 0 Å². The molecule has 0 unspecified atom stereocenters. The van der Waals surface area contributed by atoms with E-state index in [1.807, 2.05) is 0 Å². The van der Waals surface area contributed by atoms with Crippen molar-refractivity contribution in [3.63, 3.8) is 0 Å². The van der Waals surface area contributed by atoms with Crippen molar-refractivity contribution in [1.82, 2.24) is 0 Å². The SMILES string of the molecule is Cl.F.O=S(=O)(O)O.[Mn]. The predicted molar refractivity (Wildman–Crippen MR) is 23.9 cm³/mol. The third-order valence-corrected chi connectivity index (χ3v) is 0. The van der Waals surface area contributed by atoms with Crippen LogP contribution in [0.4, 0.5) is 4.70 Å². The third-order valence-electron chi connectivity index (χ3n) is 0. The zero-order chi connectivity index (χ0) is 4.50. The van der Waals surface area contributed by atoms with Crippen LogP contribution in [0.3, 0.4) is 0 Å². The molecule has 0 saturated carbocycles. The fourth-order valence-electron chi connectivity index (χ4n) is 0. The summed E-state index contributed by atoms with van der Waals surface area (Å²) in [7, 11) is -4.67. The van der Waals surface area contributed by atoms with Crippen molar-refractivity contribution in [2.24, 2.45) is 0 Å². The maximum absolute atomic E-state index is 8.74. The van der Waals surface area contributed by atoms with Gasteiger partial charge < -0.3 is 0 Å². The Balaban J connectivity index is -0.0000000267. The normalized spacial score (nSPS) is 7.25. The van der Waals surface area contributed by atoms with Crippen LogP contribution < -0.4 is 0 Å². The quantitative estimate of drug-likeness (QED) is 0.432. The zero-order valence-corrected chi connectivity index (χ0v) is 6.13. The van der Waals surface area contributed by atoms with Crippen LogP contribution in [-0.4, -0.2) is 17.5 Å². The average molecular weight is 209 g/mol. The molecule has 8 heavy (non-hydrogen) atoms. The molecule has 8 heteroatoms. The van der Waals surface area contributed by atoms with Crippen molar-refractivity contribution in [1.29, 1.82) is 0 Å². The second kappa shape index (κ2) is 7.61. The van der Waals surface area contributed by atoms with Crippen molar-refractivity contribution in [2.45, 2.75) is 0 Å². The smallest absolute Gasteiger partial charge is 0.269 e. The van der Waals surface area contributed by atoms with Gasteiger partial charge in [0.15, 0.2) is 0 Å². The molecule has 0 saturated heterocycles. The van der Waals surface area contributed by atoms with Gasteiger partial charge in [0.1, 0.15) is 0 Å². The van der Waals surface area contributed by atoms with Gasteiger partial charge in [-0.15, -0.1) is 12.4 Å². The van der Waals surface area contributed by atoms with Gasteiger partial charge in [0.05, 0.1) is 0 Å². The minimum atomic E-state index is -4.67. The van der Waals surface area contributed by atoms with Crippen molar-refractivity contribution in [3.8, 4) is 0 Å². The van der Waals surface area contributed by atoms with Gasteiger partial charge in [0.2, 0.25) is 0 Å². The molecule has 0 bridgehead atoms. The molecule has 1 radical (unpaired) electrons. The van der Waals surface area contributed by atoms with Gasteiger partial charge in [-0.1, -0.05) is 0 Å². The largest absolute Gasteiger partial charge is 0.394 e. The Kier molecular flexibility index (Phi) is 22.3. The summed E-state index contributed by atoms with van der Waals surface area (Å²) in [5, 5.41) is 0. The summed E-state index contributed by atoms with van der Waals surface area (Å²) in [5.41, 5.74) is 0. The van der Waals surface area contributed by atoms with Gasteiger partial charge in [0.25, 0.3) is 0 Å². The van der Waals surface area contributed by atoms with Crippen molar-refractivity contribution < 1.29 is 39.3 Å². The standard InChI is InChI=1S/ClH.FH.Mn.H2O4S/c;;;1-5(2,3)4/h2*1H;;(H2,1,2,3,4). The van der Waals surface area contributed by atoms with Crippen LogP contribution in [-0.2, 0) is 27.5 Å². The first kappa shape index (κ1) is 23.5. The minimum Gasteiger partial charge on any atom is -0.269 e. The molecule has 0 aromatic carbocycles. The first-order chi connectivity index (χ1) is 2.00. The molecule has 55 valence electrons. The van der Waals surface area contributed by atoms with E-state index in [1.165, 1.54) is 0 Å².